The number of rotatable bonds is 28. The maximum atomic E-state index is 13.8. The molecule has 10 nitrogen and oxygen atoms in total. The van der Waals surface area contributed by atoms with E-state index in [2.05, 4.69) is 63.8 Å². The Hall–Kier alpha value is 0.0574. The zero-order valence-electron chi connectivity index (χ0n) is 70.3. The van der Waals surface area contributed by atoms with Gasteiger partial charge in [-0.1, -0.05) is 29.8 Å². The van der Waals surface area contributed by atoms with Gasteiger partial charge < -0.3 is 29.5 Å². The van der Waals surface area contributed by atoms with Crippen molar-refractivity contribution in [1.29, 1.82) is 0 Å². The fourth-order valence-electron chi connectivity index (χ4n) is 25.0. The number of halogens is 1. The molecule has 8 saturated carbocycles. The van der Waals surface area contributed by atoms with Crippen molar-refractivity contribution in [3.05, 3.63) is 58.6 Å². The van der Waals surface area contributed by atoms with E-state index < -0.39 is 133 Å². The first-order valence-corrected chi connectivity index (χ1v) is 42.3. The smallest absolute Gasteiger partial charge is 0.249 e. The number of carbonyl (C=O) groups is 2. The lowest BCUT2D eigenvalue weighted by Crippen LogP contribution is -2.92. The molecule has 0 spiro atoms. The summed E-state index contributed by atoms with van der Waals surface area (Å²) in [6.45, 7) is 10.5. The Morgan fingerprint density at radius 3 is 1.05 bits per heavy atom. The van der Waals surface area contributed by atoms with Crippen molar-refractivity contribution < 1.29 is 34.1 Å². The highest BCUT2D eigenvalue weighted by Gasteiger charge is 2.66. The van der Waals surface area contributed by atoms with Gasteiger partial charge in [-0.05, 0) is 247 Å². The van der Waals surface area contributed by atoms with Crippen molar-refractivity contribution in [3.8, 4) is 0 Å². The van der Waals surface area contributed by atoms with Crippen LogP contribution in [0.15, 0.2) is 53.0 Å². The Kier molecular flexibility index (Phi) is 37.4. The zero-order valence-corrected chi connectivity index (χ0v) is 71.9. The van der Waals surface area contributed by atoms with Crippen LogP contribution < -0.4 is 9.80 Å². The lowest BCUT2D eigenvalue weighted by Gasteiger charge is -2.62. The van der Waals surface area contributed by atoms with Crippen LogP contribution in [-0.2, 0) is 19.1 Å². The van der Waals surface area contributed by atoms with Crippen molar-refractivity contribution in [2.45, 2.75) is 154 Å². The second-order valence-electron chi connectivity index (χ2n) is 37.5. The number of nitrogens with zero attached hydrogens (tertiary/aromatic N) is 3. The van der Waals surface area contributed by atoms with E-state index in [1.165, 1.54) is 55.7 Å². The van der Waals surface area contributed by atoms with Crippen molar-refractivity contribution >= 4 is 323 Å². The summed E-state index contributed by atoms with van der Waals surface area (Å²) in [5, 5.41) is 23.1. The Morgan fingerprint density at radius 1 is 0.407 bits per heavy atom. The van der Waals surface area contributed by atoms with Crippen LogP contribution >= 0.6 is 15.9 Å². The second-order valence-corrected chi connectivity index (χ2v) is 38.5. The van der Waals surface area contributed by atoms with Crippen LogP contribution in [0.25, 0.3) is 0 Å². The summed E-state index contributed by atoms with van der Waals surface area (Å²) in [6.07, 6.45) is -1.93. The van der Waals surface area contributed by atoms with Gasteiger partial charge in [0.2, 0.25) is 5.91 Å². The third-order valence-corrected chi connectivity index (χ3v) is 30.9. The molecule has 2 aromatic carbocycles. The highest BCUT2D eigenvalue weighted by Crippen LogP contribution is 2.70. The molecular weight excluding hydrogens is 1410 g/mol. The Labute approximate surface area is 729 Å². The molecule has 51 heteroatoms. The van der Waals surface area contributed by atoms with E-state index in [-0.39, 0.29) is 39.4 Å². The molecule has 0 saturated heterocycles. The molecule has 1 amide bonds. The first kappa shape index (κ1) is 100. The van der Waals surface area contributed by atoms with Crippen LogP contribution in [0.3, 0.4) is 0 Å². The lowest BCUT2D eigenvalue weighted by atomic mass is 8.27. The molecule has 0 unspecified atom stereocenters. The summed E-state index contributed by atoms with van der Waals surface area (Å²) in [6, 6.07) is 16.4. The van der Waals surface area contributed by atoms with E-state index in [0.717, 1.165) is 99.6 Å². The SMILES string of the molecule is CN(C)c1ccc(Br)cc1.COC[C@]12CC[C@@](C)(O)C[C@@H]1CC[C@H]1[C@@H]3CC[C@H](C(=O)N(C)OC)[C@@]3(C)CC[C@@H]12.COC[C@]12CC[C@@](C)(O)C[C@@H]1CC[C@H]1[C@@H]3CC[C@H](C(=O)c4ccc(N(C)C)cc4)[C@@]3(C)CC[C@@H]12.[B]B([B])B([B])B(B([B])[B])B(B(B(B([B])[B])B([B])[B])B(B([B])[B])B([B])[B])B(B(B([B])[B])B([B])[B])B(B([B])[B])B([B])[B]. The normalized spacial score (nSPS) is 29.9. The number of Topliss-reactive ketones (excluding diaryl/α,β-unsaturated/α-hetero) is 1. The molecule has 8 aliphatic rings. The van der Waals surface area contributed by atoms with E-state index in [1.54, 1.807) is 14.2 Å². The number of carbonyl (C=O) groups excluding carboxylic acids is 2. The van der Waals surface area contributed by atoms with Crippen molar-refractivity contribution in [2.24, 2.45) is 80.8 Å². The number of amides is 1. The molecule has 10 rings (SSSR count). The zero-order chi connectivity index (χ0) is 84.9. The van der Waals surface area contributed by atoms with Gasteiger partial charge in [-0.3, -0.25) is 14.4 Å². The monoisotopic (exact) mass is 1510 g/mol. The van der Waals surface area contributed by atoms with Gasteiger partial charge in [0.15, 0.2) is 5.78 Å². The molecule has 16 atom stereocenters. The number of benzene rings is 2. The average Bonchev–Trinajstić information content (AvgIpc) is 1.69. The number of ketones is 1. The highest BCUT2D eigenvalue weighted by molar-refractivity contribution is 9.10. The molecule has 528 valence electrons. The van der Waals surface area contributed by atoms with Crippen LogP contribution in [0, 0.1) is 80.8 Å². The number of fused-ring (bicyclic) bond motifs is 10. The standard InChI is InChI=1S/C30H45NO3.C24H41NO4.C8H10BrN.B40/c1-28(33)16-17-30(19-34-5)21(18-28)8-11-23-24-12-13-26(29(24,2)15-14-25(23)30)27(32)20-6-9-22(10-7-20)31(3)4;1-22(27)12-13-24(15-28-4)16(14-22)6-7-17-18-8-9-20(21(26)25(3)29-5)23(18,2)11-10-19(17)24;1-10(2)8-5-3-7(9)4-6-8;1-22(2)32(21)37(31(19)20)40(38(33(23(3)4)24(5)6)34(25(7)8)26(9)10)39(35(27(11)12)28(13)14)36(29(15)16)30(17)18/h6-7,9-10,21,23-26,33H,8,11-19H2,1-5H3;16-20,27H,6-15H2,1-5H3;3-6H,1-2H3;/t21-,23-,24-,25-,26+,28+,29-,30+;16-,17-,18-,19-,20+,22+,23-,24+;;/m00../s1. The first-order valence-electron chi connectivity index (χ1n) is 41.5. The summed E-state index contributed by atoms with van der Waals surface area (Å²) in [5.41, 5.74) is 2.83. The third kappa shape index (κ3) is 22.4. The van der Waals surface area contributed by atoms with Gasteiger partial charge in [-0.2, -0.15) is 0 Å². The van der Waals surface area contributed by atoms with Gasteiger partial charge in [0.1, 0.15) is 0 Å². The first-order chi connectivity index (χ1) is 52.6. The molecule has 42 radical (unpaired) electrons. The van der Waals surface area contributed by atoms with Gasteiger partial charge in [0.25, 0.3) is 0 Å². The minimum atomic E-state index is -1.25. The predicted molar refractivity (Wildman–Crippen MR) is 528 cm³/mol. The van der Waals surface area contributed by atoms with E-state index >= 15 is 0 Å². The summed E-state index contributed by atoms with van der Waals surface area (Å²) in [5.74, 6) is 5.87. The number of aliphatic hydroxyl groups is 2. The number of ether oxygens (including phenoxy) is 2. The van der Waals surface area contributed by atoms with Gasteiger partial charge in [0, 0.05) is 367 Å². The average molecular weight is 1510 g/mol. The molecule has 8 fully saturated rings. The van der Waals surface area contributed by atoms with Gasteiger partial charge >= 0.3 is 0 Å². The molecule has 0 aliphatic heterocycles. The largest absolute Gasteiger partial charge is 0.390 e. The topological polar surface area (TPSA) is 112 Å². The third-order valence-electron chi connectivity index (χ3n) is 30.3. The molecule has 2 aromatic rings. The lowest BCUT2D eigenvalue weighted by molar-refractivity contribution is -0.188. The van der Waals surface area contributed by atoms with Crippen LogP contribution in [0.4, 0.5) is 11.4 Å². The highest BCUT2D eigenvalue weighted by atomic mass is 79.9. The fourth-order valence-corrected chi connectivity index (χ4v) is 25.3. The molecule has 2 N–H and O–H groups in total. The predicted octanol–water partition coefficient (Wildman–Crippen LogP) is -2.70. The van der Waals surface area contributed by atoms with Crippen molar-refractivity contribution in [3.63, 3.8) is 0 Å². The quantitative estimate of drug-likeness (QED) is 0.0535. The molecule has 0 bridgehead atoms. The maximum absolute atomic E-state index is 13.8. The van der Waals surface area contributed by atoms with Crippen LogP contribution in [0.1, 0.15) is 154 Å². The van der Waals surface area contributed by atoms with E-state index in [4.69, 9.17) is 177 Å². The maximum Gasteiger partial charge on any atom is 0.249 e. The molecule has 113 heavy (non-hydrogen) atoms. The minimum absolute atomic E-state index is 0.0848. The second kappa shape index (κ2) is 42.2. The number of anilines is 2. The molecule has 0 aromatic heterocycles. The summed E-state index contributed by atoms with van der Waals surface area (Å²) in [4.78, 5) is 36.2. The van der Waals surface area contributed by atoms with E-state index in [1.807, 2.05) is 80.5 Å². The van der Waals surface area contributed by atoms with Crippen molar-refractivity contribution in [1.82, 2.24) is 5.06 Å². The van der Waals surface area contributed by atoms with E-state index in [0.29, 0.717) is 53.1 Å². The number of hydrogen-bond donors (Lipinski definition) is 2. The molecular formula is C62H96B40BrN3O7. The Balaban J connectivity index is 0.000000222. The van der Waals surface area contributed by atoms with Gasteiger partial charge in [-0.25, -0.2) is 5.06 Å². The summed E-state index contributed by atoms with van der Waals surface area (Å²) < 4.78 is 12.9. The summed E-state index contributed by atoms with van der Waals surface area (Å²) >= 11 is 3.38. The van der Waals surface area contributed by atoms with Crippen molar-refractivity contribution in [2.75, 3.05) is 79.6 Å². The molecule has 0 heterocycles. The minimum Gasteiger partial charge on any atom is -0.390 e. The molecule has 8 aliphatic carbocycles. The fraction of sp³-hybridized carbons (Fsp3) is 0.774. The Morgan fingerprint density at radius 2 is 0.735 bits per heavy atom. The van der Waals surface area contributed by atoms with Crippen LogP contribution in [0.5, 0.6) is 0 Å². The summed E-state index contributed by atoms with van der Waals surface area (Å²) in [7, 11) is 146. The van der Waals surface area contributed by atoms with Gasteiger partial charge in [0.05, 0.1) is 31.5 Å². The van der Waals surface area contributed by atoms with Crippen LogP contribution in [0.2, 0.25) is 0 Å². The number of methoxy groups -OCH3 is 2. The van der Waals surface area contributed by atoms with E-state index in [9.17, 15) is 19.8 Å². The number of hydroxylamine groups is 2. The van der Waals surface area contributed by atoms with Crippen LogP contribution in [-0.4, -0.2) is 392 Å². The van der Waals surface area contributed by atoms with Gasteiger partial charge in [-0.15, -0.1) is 0 Å². The Bertz CT molecular complexity index is 3190. The number of hydrogen-bond acceptors (Lipinski definition) is 9.